The van der Waals surface area contributed by atoms with Crippen LogP contribution in [0.3, 0.4) is 0 Å². The van der Waals surface area contributed by atoms with E-state index in [0.29, 0.717) is 11.8 Å². The van der Waals surface area contributed by atoms with Crippen LogP contribution in [-0.4, -0.2) is 38.8 Å². The number of nitrogens with zero attached hydrogens (tertiary/aromatic N) is 1. The Kier molecular flexibility index (Phi) is 7.40. The van der Waals surface area contributed by atoms with Crippen LogP contribution >= 0.6 is 0 Å². The molecule has 4 nitrogen and oxygen atoms in total. The van der Waals surface area contributed by atoms with E-state index in [9.17, 15) is 0 Å². The molecule has 0 aromatic heterocycles. The summed E-state index contributed by atoms with van der Waals surface area (Å²) in [5, 5.41) is 6.71. The first-order valence-electron chi connectivity index (χ1n) is 8.88. The zero-order valence-electron chi connectivity index (χ0n) is 14.8. The van der Waals surface area contributed by atoms with E-state index in [4.69, 9.17) is 9.73 Å². The maximum Gasteiger partial charge on any atom is 0.191 e. The third-order valence-corrected chi connectivity index (χ3v) is 3.98. The first kappa shape index (κ1) is 17.8. The molecule has 1 unspecified atom stereocenters. The normalized spacial score (nSPS) is 16.9. The van der Waals surface area contributed by atoms with Crippen molar-refractivity contribution in [2.75, 3.05) is 32.8 Å². The smallest absolute Gasteiger partial charge is 0.191 e. The molecular weight excluding hydrogens is 286 g/mol. The monoisotopic (exact) mass is 317 g/mol. The lowest BCUT2D eigenvalue weighted by Gasteiger charge is -2.28. The van der Waals surface area contributed by atoms with Gasteiger partial charge in [-0.2, -0.15) is 0 Å². The lowest BCUT2D eigenvalue weighted by Crippen LogP contribution is -2.38. The molecule has 1 atom stereocenters. The van der Waals surface area contributed by atoms with Gasteiger partial charge in [0.15, 0.2) is 5.96 Å². The fourth-order valence-electron chi connectivity index (χ4n) is 2.77. The molecule has 0 radical (unpaired) electrons. The summed E-state index contributed by atoms with van der Waals surface area (Å²) in [6.07, 6.45) is 2.16. The molecule has 0 aliphatic heterocycles. The van der Waals surface area contributed by atoms with Crippen molar-refractivity contribution in [2.45, 2.75) is 39.5 Å². The summed E-state index contributed by atoms with van der Waals surface area (Å²) >= 11 is 0. The summed E-state index contributed by atoms with van der Waals surface area (Å²) in [7, 11) is 0. The van der Waals surface area contributed by atoms with Crippen LogP contribution in [0.2, 0.25) is 0 Å². The fraction of sp³-hybridized carbons (Fsp3) is 0.632. The number of hydrogen-bond donors (Lipinski definition) is 2. The maximum atomic E-state index is 5.60. The van der Waals surface area contributed by atoms with E-state index >= 15 is 0 Å². The number of benzene rings is 1. The largest absolute Gasteiger partial charge is 0.381 e. The summed E-state index contributed by atoms with van der Waals surface area (Å²) in [4.78, 5) is 4.73. The van der Waals surface area contributed by atoms with Gasteiger partial charge in [0.1, 0.15) is 0 Å². The van der Waals surface area contributed by atoms with E-state index in [0.717, 1.165) is 51.6 Å². The molecule has 2 rings (SSSR count). The van der Waals surface area contributed by atoms with Crippen LogP contribution < -0.4 is 10.6 Å². The molecule has 0 fully saturated rings. The molecule has 0 spiro atoms. The molecule has 0 amide bonds. The molecule has 2 N–H and O–H groups in total. The highest BCUT2D eigenvalue weighted by molar-refractivity contribution is 5.79. The zero-order valence-corrected chi connectivity index (χ0v) is 14.8. The number of nitrogens with one attached hydrogen (secondary N) is 2. The van der Waals surface area contributed by atoms with Gasteiger partial charge in [0.2, 0.25) is 0 Å². The van der Waals surface area contributed by atoms with Crippen LogP contribution in [-0.2, 0) is 11.2 Å². The quantitative estimate of drug-likeness (QED) is 0.418. The summed E-state index contributed by atoms with van der Waals surface area (Å²) in [6, 6.07) is 8.68. The molecule has 4 heteroatoms. The van der Waals surface area contributed by atoms with Crippen molar-refractivity contribution in [3.63, 3.8) is 0 Å². The van der Waals surface area contributed by atoms with E-state index in [1.165, 1.54) is 11.1 Å². The van der Waals surface area contributed by atoms with Gasteiger partial charge in [-0.05, 0) is 36.8 Å². The molecule has 23 heavy (non-hydrogen) atoms. The Morgan fingerprint density at radius 3 is 2.87 bits per heavy atom. The van der Waals surface area contributed by atoms with Gasteiger partial charge in [-0.15, -0.1) is 0 Å². The topological polar surface area (TPSA) is 45.7 Å². The second-order valence-corrected chi connectivity index (χ2v) is 6.57. The van der Waals surface area contributed by atoms with Crippen molar-refractivity contribution >= 4 is 5.96 Å². The number of aliphatic imine (C=N–C) groups is 1. The third kappa shape index (κ3) is 5.87. The fourth-order valence-corrected chi connectivity index (χ4v) is 2.77. The Hall–Kier alpha value is -1.55. The summed E-state index contributed by atoms with van der Waals surface area (Å²) < 4.78 is 5.60. The number of guanidine groups is 1. The van der Waals surface area contributed by atoms with E-state index < -0.39 is 0 Å². The first-order chi connectivity index (χ1) is 11.2. The third-order valence-electron chi connectivity index (χ3n) is 3.98. The molecule has 0 saturated heterocycles. The number of ether oxygens (including phenoxy) is 1. The summed E-state index contributed by atoms with van der Waals surface area (Å²) in [5.74, 6) is 2.10. The highest BCUT2D eigenvalue weighted by Crippen LogP contribution is 2.34. The van der Waals surface area contributed by atoms with Crippen LogP contribution in [0.4, 0.5) is 0 Å². The first-order valence-corrected chi connectivity index (χ1v) is 8.88. The lowest BCUT2D eigenvalue weighted by atomic mass is 9.78. The van der Waals surface area contributed by atoms with Gasteiger partial charge in [0, 0.05) is 38.8 Å². The Labute approximate surface area is 140 Å². The summed E-state index contributed by atoms with van der Waals surface area (Å²) in [6.45, 7) is 10.7. The molecule has 1 aliphatic carbocycles. The molecule has 128 valence electrons. The minimum absolute atomic E-state index is 0.580. The minimum Gasteiger partial charge on any atom is -0.381 e. The minimum atomic E-state index is 0.580. The summed E-state index contributed by atoms with van der Waals surface area (Å²) in [5.41, 5.74) is 2.95. The van der Waals surface area contributed by atoms with Crippen LogP contribution in [0.15, 0.2) is 29.3 Å². The highest BCUT2D eigenvalue weighted by atomic mass is 16.5. The second-order valence-electron chi connectivity index (χ2n) is 6.57. The van der Waals surface area contributed by atoms with Gasteiger partial charge in [0.05, 0.1) is 0 Å². The van der Waals surface area contributed by atoms with Gasteiger partial charge < -0.3 is 15.4 Å². The second kappa shape index (κ2) is 9.56. The standard InChI is InChI=1S/C19H31N3O/c1-4-20-19(21-10-7-11-23-14-15(2)3)22-13-17-12-16-8-5-6-9-18(16)17/h5-6,8-9,15,17H,4,7,10-14H2,1-3H3,(H2,20,21,22). The van der Waals surface area contributed by atoms with Crippen molar-refractivity contribution < 1.29 is 4.74 Å². The van der Waals surface area contributed by atoms with Crippen molar-refractivity contribution in [1.29, 1.82) is 0 Å². The Balaban J connectivity index is 1.69. The van der Waals surface area contributed by atoms with Crippen LogP contribution in [0.25, 0.3) is 0 Å². The van der Waals surface area contributed by atoms with E-state index in [1.54, 1.807) is 0 Å². The van der Waals surface area contributed by atoms with Gasteiger partial charge in [-0.1, -0.05) is 38.1 Å². The van der Waals surface area contributed by atoms with Crippen molar-refractivity contribution in [3.8, 4) is 0 Å². The predicted octanol–water partition coefficient (Wildman–Crippen LogP) is 2.94. The Morgan fingerprint density at radius 1 is 1.30 bits per heavy atom. The Morgan fingerprint density at radius 2 is 2.13 bits per heavy atom. The van der Waals surface area contributed by atoms with Crippen molar-refractivity contribution in [3.05, 3.63) is 35.4 Å². The molecule has 1 aromatic rings. The van der Waals surface area contributed by atoms with Gasteiger partial charge in [-0.25, -0.2) is 0 Å². The molecule has 0 bridgehead atoms. The number of rotatable bonds is 9. The zero-order chi connectivity index (χ0) is 16.5. The number of hydrogen-bond acceptors (Lipinski definition) is 2. The molecule has 0 saturated carbocycles. The average molecular weight is 317 g/mol. The SMILES string of the molecule is CCNC(=NCC1Cc2ccccc21)NCCCOCC(C)C. The van der Waals surface area contributed by atoms with E-state index in [2.05, 4.69) is 55.7 Å². The van der Waals surface area contributed by atoms with Crippen LogP contribution in [0, 0.1) is 5.92 Å². The van der Waals surface area contributed by atoms with Crippen LogP contribution in [0.5, 0.6) is 0 Å². The molecule has 1 aromatic carbocycles. The van der Waals surface area contributed by atoms with Crippen molar-refractivity contribution in [2.24, 2.45) is 10.9 Å². The van der Waals surface area contributed by atoms with Gasteiger partial charge in [0.25, 0.3) is 0 Å². The molecule has 0 heterocycles. The lowest BCUT2D eigenvalue weighted by molar-refractivity contribution is 0.108. The molecule has 1 aliphatic rings. The number of fused-ring (bicyclic) bond motifs is 1. The van der Waals surface area contributed by atoms with Crippen molar-refractivity contribution in [1.82, 2.24) is 10.6 Å². The highest BCUT2D eigenvalue weighted by Gasteiger charge is 2.24. The predicted molar refractivity (Wildman–Crippen MR) is 97.1 cm³/mol. The average Bonchev–Trinajstić information content (AvgIpc) is 2.51. The van der Waals surface area contributed by atoms with Crippen LogP contribution in [0.1, 0.15) is 44.2 Å². The van der Waals surface area contributed by atoms with Gasteiger partial charge in [-0.3, -0.25) is 4.99 Å². The molecular formula is C19H31N3O. The van der Waals surface area contributed by atoms with Gasteiger partial charge >= 0.3 is 0 Å². The maximum absolute atomic E-state index is 5.60. The van der Waals surface area contributed by atoms with E-state index in [1.807, 2.05) is 0 Å². The van der Waals surface area contributed by atoms with E-state index in [-0.39, 0.29) is 0 Å². The Bertz CT molecular complexity index is 499.